The largest absolute Gasteiger partial charge is 0.489 e. The molecular formula is C24H23FO3S. The maximum atomic E-state index is 13.5. The highest BCUT2D eigenvalue weighted by Gasteiger charge is 2.48. The van der Waals surface area contributed by atoms with Crippen LogP contribution in [0.15, 0.2) is 83.8 Å². The summed E-state index contributed by atoms with van der Waals surface area (Å²) in [6, 6.07) is 22.4. The Labute approximate surface area is 171 Å². The summed E-state index contributed by atoms with van der Waals surface area (Å²) in [7, 11) is -3.65. The van der Waals surface area contributed by atoms with Gasteiger partial charge in [0.25, 0.3) is 0 Å². The van der Waals surface area contributed by atoms with Gasteiger partial charge in [0.2, 0.25) is 0 Å². The minimum absolute atomic E-state index is 0.171. The molecule has 0 bridgehead atoms. The van der Waals surface area contributed by atoms with Crippen LogP contribution in [-0.2, 0) is 21.2 Å². The molecule has 0 aromatic heterocycles. The van der Waals surface area contributed by atoms with E-state index in [-0.39, 0.29) is 4.90 Å². The summed E-state index contributed by atoms with van der Waals surface area (Å²) in [5, 5.41) is 0. The molecule has 0 radical (unpaired) electrons. The summed E-state index contributed by atoms with van der Waals surface area (Å²) < 4.78 is 45.2. The van der Waals surface area contributed by atoms with Crippen LogP contribution in [0.2, 0.25) is 0 Å². The van der Waals surface area contributed by atoms with Crippen molar-refractivity contribution >= 4 is 9.84 Å². The third kappa shape index (κ3) is 3.79. The average molecular weight is 411 g/mol. The minimum atomic E-state index is -3.65. The number of sulfone groups is 1. The standard InChI is InChI=1S/C24H23FO3S/c25-21-10-14-23(15-11-21)29(26,27)24(16-4-5-17-24)20-8-12-22(13-9-20)28-18-19-6-2-1-3-7-19/h1-3,6-15H,4-5,16-18H2. The van der Waals surface area contributed by atoms with Crippen molar-refractivity contribution in [3.05, 3.63) is 95.8 Å². The van der Waals surface area contributed by atoms with E-state index in [0.29, 0.717) is 25.2 Å². The minimum Gasteiger partial charge on any atom is -0.489 e. The fourth-order valence-corrected chi connectivity index (χ4v) is 6.31. The summed E-state index contributed by atoms with van der Waals surface area (Å²) >= 11 is 0. The van der Waals surface area contributed by atoms with Crippen LogP contribution in [-0.4, -0.2) is 8.42 Å². The van der Waals surface area contributed by atoms with Crippen LogP contribution < -0.4 is 4.74 Å². The fourth-order valence-electron chi connectivity index (χ4n) is 4.09. The lowest BCUT2D eigenvalue weighted by Gasteiger charge is -2.29. The van der Waals surface area contributed by atoms with Crippen LogP contribution >= 0.6 is 0 Å². The van der Waals surface area contributed by atoms with Crippen molar-refractivity contribution in [3.8, 4) is 5.75 Å². The Morgan fingerprint density at radius 1 is 0.828 bits per heavy atom. The molecule has 4 rings (SSSR count). The molecule has 1 fully saturated rings. The molecule has 1 aliphatic carbocycles. The lowest BCUT2D eigenvalue weighted by Crippen LogP contribution is -2.33. The van der Waals surface area contributed by atoms with Gasteiger partial charge >= 0.3 is 0 Å². The highest BCUT2D eigenvalue weighted by molar-refractivity contribution is 7.92. The van der Waals surface area contributed by atoms with Crippen LogP contribution in [0.4, 0.5) is 4.39 Å². The van der Waals surface area contributed by atoms with E-state index in [0.717, 1.165) is 24.0 Å². The Bertz CT molecular complexity index is 1050. The Morgan fingerprint density at radius 2 is 1.45 bits per heavy atom. The maximum absolute atomic E-state index is 13.5. The average Bonchev–Trinajstić information content (AvgIpc) is 3.26. The van der Waals surface area contributed by atoms with E-state index < -0.39 is 20.4 Å². The smallest absolute Gasteiger partial charge is 0.188 e. The SMILES string of the molecule is O=S(=O)(c1ccc(F)cc1)C1(c2ccc(OCc3ccccc3)cc2)CCCC1. The molecule has 1 aliphatic rings. The molecule has 0 aliphatic heterocycles. The van der Waals surface area contributed by atoms with E-state index in [4.69, 9.17) is 4.74 Å². The highest BCUT2D eigenvalue weighted by Crippen LogP contribution is 2.48. The zero-order valence-electron chi connectivity index (χ0n) is 16.1. The van der Waals surface area contributed by atoms with E-state index in [2.05, 4.69) is 0 Å². The molecule has 3 aromatic rings. The predicted octanol–water partition coefficient (Wildman–Crippen LogP) is 5.65. The molecular weight excluding hydrogens is 387 g/mol. The van der Waals surface area contributed by atoms with Gasteiger partial charge in [0.1, 0.15) is 22.9 Å². The lowest BCUT2D eigenvalue weighted by molar-refractivity contribution is 0.306. The summed E-state index contributed by atoms with van der Waals surface area (Å²) in [5.74, 6) is 0.259. The Kier molecular flexibility index (Phi) is 5.41. The number of hydrogen-bond acceptors (Lipinski definition) is 3. The third-order valence-electron chi connectivity index (χ3n) is 5.68. The molecule has 0 spiro atoms. The Hall–Kier alpha value is -2.66. The second kappa shape index (κ2) is 7.99. The first-order valence-corrected chi connectivity index (χ1v) is 11.3. The monoisotopic (exact) mass is 410 g/mol. The zero-order valence-corrected chi connectivity index (χ0v) is 16.9. The molecule has 0 amide bonds. The van der Waals surface area contributed by atoms with Gasteiger partial charge in [-0.05, 0) is 60.4 Å². The Morgan fingerprint density at radius 3 is 2.07 bits per heavy atom. The first kappa shape index (κ1) is 19.6. The highest BCUT2D eigenvalue weighted by atomic mass is 32.2. The third-order valence-corrected chi connectivity index (χ3v) is 8.24. The topological polar surface area (TPSA) is 43.4 Å². The van der Waals surface area contributed by atoms with Gasteiger partial charge in [-0.2, -0.15) is 0 Å². The number of halogens is 1. The molecule has 3 aromatic carbocycles. The molecule has 0 heterocycles. The van der Waals surface area contributed by atoms with Crippen molar-refractivity contribution in [1.29, 1.82) is 0 Å². The van der Waals surface area contributed by atoms with Crippen LogP contribution in [0.25, 0.3) is 0 Å². The van der Waals surface area contributed by atoms with Crippen molar-refractivity contribution in [2.24, 2.45) is 0 Å². The van der Waals surface area contributed by atoms with Crippen molar-refractivity contribution in [1.82, 2.24) is 0 Å². The van der Waals surface area contributed by atoms with E-state index in [1.165, 1.54) is 24.3 Å². The van der Waals surface area contributed by atoms with Gasteiger partial charge in [-0.3, -0.25) is 0 Å². The normalized spacial score (nSPS) is 15.9. The van der Waals surface area contributed by atoms with Crippen molar-refractivity contribution in [2.45, 2.75) is 41.9 Å². The Balaban J connectivity index is 1.61. The molecule has 3 nitrogen and oxygen atoms in total. The maximum Gasteiger partial charge on any atom is 0.188 e. The van der Waals surface area contributed by atoms with E-state index in [1.54, 1.807) is 0 Å². The van der Waals surface area contributed by atoms with Crippen LogP contribution in [0.5, 0.6) is 5.75 Å². The number of ether oxygens (including phenoxy) is 1. The first-order chi connectivity index (χ1) is 14.0. The van der Waals surface area contributed by atoms with Gasteiger partial charge in [0.15, 0.2) is 9.84 Å². The van der Waals surface area contributed by atoms with Crippen LogP contribution in [0.1, 0.15) is 36.8 Å². The second-order valence-electron chi connectivity index (χ2n) is 7.46. The van der Waals surface area contributed by atoms with Crippen molar-refractivity contribution in [2.75, 3.05) is 0 Å². The summed E-state index contributed by atoms with van der Waals surface area (Å²) in [4.78, 5) is 0.171. The summed E-state index contributed by atoms with van der Waals surface area (Å²) in [6.45, 7) is 0.458. The molecule has 1 saturated carbocycles. The zero-order chi connectivity index (χ0) is 20.3. The number of benzene rings is 3. The predicted molar refractivity (Wildman–Crippen MR) is 111 cm³/mol. The molecule has 5 heteroatoms. The van der Waals surface area contributed by atoms with Gasteiger partial charge in [0.05, 0.1) is 4.90 Å². The van der Waals surface area contributed by atoms with Gasteiger partial charge in [-0.15, -0.1) is 0 Å². The van der Waals surface area contributed by atoms with Gasteiger partial charge in [0, 0.05) is 0 Å². The molecule has 0 saturated heterocycles. The lowest BCUT2D eigenvalue weighted by atomic mass is 9.96. The van der Waals surface area contributed by atoms with Crippen molar-refractivity contribution in [3.63, 3.8) is 0 Å². The molecule has 0 unspecified atom stereocenters. The van der Waals surface area contributed by atoms with Crippen LogP contribution in [0, 0.1) is 5.82 Å². The first-order valence-electron chi connectivity index (χ1n) is 9.79. The van der Waals surface area contributed by atoms with Gasteiger partial charge in [-0.25, -0.2) is 12.8 Å². The second-order valence-corrected chi connectivity index (χ2v) is 9.72. The van der Waals surface area contributed by atoms with Gasteiger partial charge in [-0.1, -0.05) is 55.3 Å². The molecule has 0 atom stereocenters. The number of rotatable bonds is 6. The van der Waals surface area contributed by atoms with E-state index in [9.17, 15) is 12.8 Å². The molecule has 29 heavy (non-hydrogen) atoms. The quantitative estimate of drug-likeness (QED) is 0.493. The van der Waals surface area contributed by atoms with Crippen molar-refractivity contribution < 1.29 is 17.5 Å². The number of hydrogen-bond donors (Lipinski definition) is 0. The summed E-state index contributed by atoms with van der Waals surface area (Å²) in [5.41, 5.74) is 1.84. The van der Waals surface area contributed by atoms with Crippen LogP contribution in [0.3, 0.4) is 0 Å². The fraction of sp³-hybridized carbons (Fsp3) is 0.250. The molecule has 0 N–H and O–H groups in total. The summed E-state index contributed by atoms with van der Waals surface area (Å²) in [6.07, 6.45) is 2.84. The molecule has 150 valence electrons. The van der Waals surface area contributed by atoms with Gasteiger partial charge < -0.3 is 4.74 Å². The van der Waals surface area contributed by atoms with E-state index >= 15 is 0 Å². The van der Waals surface area contributed by atoms with E-state index in [1.807, 2.05) is 54.6 Å².